The molecule has 0 atom stereocenters. The molecule has 0 spiro atoms. The molecule has 0 aliphatic heterocycles. The van der Waals surface area contributed by atoms with E-state index in [9.17, 15) is 4.79 Å². The Bertz CT molecular complexity index is 419. The molecule has 0 saturated carbocycles. The number of rotatable bonds is 3. The molecule has 4 heteroatoms. The Kier molecular flexibility index (Phi) is 4.22. The lowest BCUT2D eigenvalue weighted by Gasteiger charge is -2.20. The quantitative estimate of drug-likeness (QED) is 0.776. The maximum Gasteiger partial charge on any atom is 0.338 e. The average Bonchev–Trinajstić information content (AvgIpc) is 2.27. The van der Waals surface area contributed by atoms with Crippen LogP contribution >= 0.6 is 0 Å². The smallest absolute Gasteiger partial charge is 0.338 e. The van der Waals surface area contributed by atoms with Crippen LogP contribution < -0.4 is 9.47 Å². The molecule has 0 bridgehead atoms. The van der Waals surface area contributed by atoms with E-state index in [0.717, 1.165) is 5.56 Å². The molecule has 1 aromatic carbocycles. The van der Waals surface area contributed by atoms with Crippen molar-refractivity contribution in [2.45, 2.75) is 33.3 Å². The fourth-order valence-electron chi connectivity index (χ4n) is 1.54. The van der Waals surface area contributed by atoms with Gasteiger partial charge in [-0.2, -0.15) is 0 Å². The highest BCUT2D eigenvalue weighted by molar-refractivity contribution is 5.91. The van der Waals surface area contributed by atoms with Gasteiger partial charge in [0.2, 0.25) is 0 Å². The zero-order valence-electron chi connectivity index (χ0n) is 11.8. The van der Waals surface area contributed by atoms with Crippen molar-refractivity contribution in [1.29, 1.82) is 0 Å². The number of ether oxygens (including phenoxy) is 3. The third-order valence-electron chi connectivity index (χ3n) is 2.39. The van der Waals surface area contributed by atoms with E-state index in [2.05, 4.69) is 0 Å². The summed E-state index contributed by atoms with van der Waals surface area (Å²) in [7, 11) is 3.11. The van der Waals surface area contributed by atoms with Crippen molar-refractivity contribution in [1.82, 2.24) is 0 Å². The molecule has 0 radical (unpaired) electrons. The molecule has 0 aliphatic rings. The molecular weight excluding hydrogens is 232 g/mol. The minimum atomic E-state index is -0.525. The predicted octanol–water partition coefficient (Wildman–Crippen LogP) is 2.97. The lowest BCUT2D eigenvalue weighted by Crippen LogP contribution is -2.24. The van der Waals surface area contributed by atoms with Crippen LogP contribution in [0.2, 0.25) is 0 Å². The van der Waals surface area contributed by atoms with Crippen LogP contribution in [0.3, 0.4) is 0 Å². The van der Waals surface area contributed by atoms with Crippen molar-refractivity contribution in [3.63, 3.8) is 0 Å². The first-order chi connectivity index (χ1) is 8.28. The van der Waals surface area contributed by atoms with E-state index in [-0.39, 0.29) is 5.97 Å². The van der Waals surface area contributed by atoms with Crippen LogP contribution in [0, 0.1) is 6.92 Å². The third kappa shape index (κ3) is 3.39. The number of esters is 1. The molecular formula is C14H20O4. The van der Waals surface area contributed by atoms with E-state index in [1.54, 1.807) is 26.4 Å². The highest BCUT2D eigenvalue weighted by Crippen LogP contribution is 2.30. The second kappa shape index (κ2) is 5.29. The highest BCUT2D eigenvalue weighted by Gasteiger charge is 2.20. The molecule has 0 saturated heterocycles. The largest absolute Gasteiger partial charge is 0.496 e. The molecule has 1 aromatic rings. The lowest BCUT2D eigenvalue weighted by atomic mass is 10.1. The molecule has 0 aliphatic carbocycles. The van der Waals surface area contributed by atoms with Gasteiger partial charge >= 0.3 is 5.97 Å². The van der Waals surface area contributed by atoms with Crippen LogP contribution in [0.5, 0.6) is 11.5 Å². The van der Waals surface area contributed by atoms with Gasteiger partial charge in [0.1, 0.15) is 17.1 Å². The van der Waals surface area contributed by atoms with Crippen molar-refractivity contribution >= 4 is 5.97 Å². The predicted molar refractivity (Wildman–Crippen MR) is 69.5 cm³/mol. The second-order valence-electron chi connectivity index (χ2n) is 5.01. The van der Waals surface area contributed by atoms with Gasteiger partial charge in [-0.25, -0.2) is 4.79 Å². The lowest BCUT2D eigenvalue weighted by molar-refractivity contribution is 0.00688. The molecule has 4 nitrogen and oxygen atoms in total. The summed E-state index contributed by atoms with van der Waals surface area (Å²) >= 11 is 0. The highest BCUT2D eigenvalue weighted by atomic mass is 16.6. The summed E-state index contributed by atoms with van der Waals surface area (Å²) in [4.78, 5) is 12.0. The van der Waals surface area contributed by atoms with E-state index < -0.39 is 5.60 Å². The van der Waals surface area contributed by atoms with E-state index >= 15 is 0 Å². The van der Waals surface area contributed by atoms with Gasteiger partial charge in [-0.3, -0.25) is 0 Å². The number of benzene rings is 1. The van der Waals surface area contributed by atoms with Crippen LogP contribution in [0.4, 0.5) is 0 Å². The van der Waals surface area contributed by atoms with Crippen LogP contribution in [0.1, 0.15) is 36.7 Å². The number of carbonyl (C=O) groups excluding carboxylic acids is 1. The molecule has 18 heavy (non-hydrogen) atoms. The molecule has 0 unspecified atom stereocenters. The second-order valence-corrected chi connectivity index (χ2v) is 5.01. The van der Waals surface area contributed by atoms with Crippen molar-refractivity contribution < 1.29 is 19.0 Å². The van der Waals surface area contributed by atoms with Crippen molar-refractivity contribution in [2.24, 2.45) is 0 Å². The maximum atomic E-state index is 12.0. The van der Waals surface area contributed by atoms with E-state index in [0.29, 0.717) is 17.1 Å². The van der Waals surface area contributed by atoms with Crippen LogP contribution in [-0.4, -0.2) is 25.8 Å². The van der Waals surface area contributed by atoms with Crippen LogP contribution in [0.15, 0.2) is 12.1 Å². The Morgan fingerprint density at radius 2 is 1.50 bits per heavy atom. The van der Waals surface area contributed by atoms with E-state index in [1.807, 2.05) is 27.7 Å². The molecule has 0 N–H and O–H groups in total. The van der Waals surface area contributed by atoms with Gasteiger partial charge in [0.15, 0.2) is 0 Å². The maximum absolute atomic E-state index is 12.0. The van der Waals surface area contributed by atoms with Gasteiger partial charge in [0.05, 0.1) is 19.8 Å². The summed E-state index contributed by atoms with van der Waals surface area (Å²) < 4.78 is 15.8. The summed E-state index contributed by atoms with van der Waals surface area (Å²) in [5, 5.41) is 0. The van der Waals surface area contributed by atoms with Crippen molar-refractivity contribution in [3.05, 3.63) is 23.3 Å². The number of hydrogen-bond acceptors (Lipinski definition) is 4. The minimum Gasteiger partial charge on any atom is -0.496 e. The Labute approximate surface area is 108 Å². The van der Waals surface area contributed by atoms with Crippen molar-refractivity contribution in [2.75, 3.05) is 14.2 Å². The van der Waals surface area contributed by atoms with Gasteiger partial charge in [0.25, 0.3) is 0 Å². The first-order valence-corrected chi connectivity index (χ1v) is 5.74. The monoisotopic (exact) mass is 252 g/mol. The Morgan fingerprint density at radius 1 is 1.06 bits per heavy atom. The topological polar surface area (TPSA) is 44.8 Å². The summed E-state index contributed by atoms with van der Waals surface area (Å²) in [6.45, 7) is 7.35. The number of methoxy groups -OCH3 is 2. The van der Waals surface area contributed by atoms with E-state index in [1.165, 1.54) is 0 Å². The summed E-state index contributed by atoms with van der Waals surface area (Å²) in [5.41, 5.74) is 0.749. The molecule has 0 amide bonds. The third-order valence-corrected chi connectivity index (χ3v) is 2.39. The first-order valence-electron chi connectivity index (χ1n) is 5.74. The Hall–Kier alpha value is -1.71. The molecule has 100 valence electrons. The fourth-order valence-corrected chi connectivity index (χ4v) is 1.54. The van der Waals surface area contributed by atoms with Gasteiger partial charge in [-0.1, -0.05) is 0 Å². The molecule has 0 aromatic heterocycles. The summed E-state index contributed by atoms with van der Waals surface area (Å²) in [5.74, 6) is 0.824. The standard InChI is InChI=1S/C14H20O4/c1-9-11(16-5)7-10(8-12(9)17-6)13(15)18-14(2,3)4/h7-8H,1-6H3. The van der Waals surface area contributed by atoms with Crippen LogP contribution in [0.25, 0.3) is 0 Å². The zero-order chi connectivity index (χ0) is 13.9. The normalized spacial score (nSPS) is 11.0. The van der Waals surface area contributed by atoms with Gasteiger partial charge in [-0.05, 0) is 39.8 Å². The Balaban J connectivity index is 3.14. The molecule has 0 heterocycles. The zero-order valence-corrected chi connectivity index (χ0v) is 11.8. The average molecular weight is 252 g/mol. The Morgan fingerprint density at radius 3 is 1.83 bits per heavy atom. The molecule has 1 rings (SSSR count). The van der Waals surface area contributed by atoms with Gasteiger partial charge < -0.3 is 14.2 Å². The summed E-state index contributed by atoms with van der Waals surface area (Å²) in [6, 6.07) is 3.32. The van der Waals surface area contributed by atoms with Gasteiger partial charge in [-0.15, -0.1) is 0 Å². The number of carbonyl (C=O) groups is 1. The fraction of sp³-hybridized carbons (Fsp3) is 0.500. The van der Waals surface area contributed by atoms with Crippen molar-refractivity contribution in [3.8, 4) is 11.5 Å². The van der Waals surface area contributed by atoms with Crippen LogP contribution in [-0.2, 0) is 4.74 Å². The molecule has 0 fully saturated rings. The number of hydrogen-bond donors (Lipinski definition) is 0. The van der Waals surface area contributed by atoms with E-state index in [4.69, 9.17) is 14.2 Å². The van der Waals surface area contributed by atoms with Gasteiger partial charge in [0, 0.05) is 5.56 Å². The minimum absolute atomic E-state index is 0.390. The first kappa shape index (κ1) is 14.4. The summed E-state index contributed by atoms with van der Waals surface area (Å²) in [6.07, 6.45) is 0. The SMILES string of the molecule is COc1cc(C(=O)OC(C)(C)C)cc(OC)c1C.